The fourth-order valence-corrected chi connectivity index (χ4v) is 5.73. The van der Waals surface area contributed by atoms with Crippen molar-refractivity contribution in [3.8, 4) is 0 Å². The normalized spacial score (nSPS) is 26.3. The van der Waals surface area contributed by atoms with E-state index in [4.69, 9.17) is 11.6 Å². The molecule has 0 N–H and O–H groups in total. The van der Waals surface area contributed by atoms with Crippen LogP contribution >= 0.6 is 11.6 Å². The van der Waals surface area contributed by atoms with Crippen LogP contribution in [0.1, 0.15) is 34.1 Å². The zero-order chi connectivity index (χ0) is 19.9. The first-order valence-corrected chi connectivity index (χ1v) is 9.96. The van der Waals surface area contributed by atoms with E-state index in [1.165, 1.54) is 23.1 Å². The molecule has 4 aliphatic rings. The molecule has 2 amide bonds. The Morgan fingerprint density at radius 3 is 1.59 bits per heavy atom. The van der Waals surface area contributed by atoms with Crippen LogP contribution in [0.3, 0.4) is 0 Å². The lowest BCUT2D eigenvalue weighted by Crippen LogP contribution is -2.41. The van der Waals surface area contributed by atoms with Gasteiger partial charge in [0.1, 0.15) is 5.82 Å². The predicted molar refractivity (Wildman–Crippen MR) is 107 cm³/mol. The highest BCUT2D eigenvalue weighted by Crippen LogP contribution is 2.61. The Morgan fingerprint density at radius 2 is 1.17 bits per heavy atom. The Hall–Kier alpha value is -2.98. The monoisotopic (exact) mass is 403 g/mol. The van der Waals surface area contributed by atoms with Gasteiger partial charge in [0.15, 0.2) is 0 Å². The molecule has 0 saturated carbocycles. The summed E-state index contributed by atoms with van der Waals surface area (Å²) in [5.41, 5.74) is 4.82. The van der Waals surface area contributed by atoms with Crippen LogP contribution in [0, 0.1) is 17.7 Å². The average Bonchev–Trinajstić information content (AvgIpc) is 3.01. The summed E-state index contributed by atoms with van der Waals surface area (Å²) in [7, 11) is 0. The van der Waals surface area contributed by atoms with E-state index in [2.05, 4.69) is 24.3 Å². The van der Waals surface area contributed by atoms with Gasteiger partial charge in [-0.2, -0.15) is 0 Å². The number of imide groups is 1. The van der Waals surface area contributed by atoms with Crippen molar-refractivity contribution in [3.05, 3.63) is 99.8 Å². The van der Waals surface area contributed by atoms with Crippen LogP contribution in [0.2, 0.25) is 5.02 Å². The van der Waals surface area contributed by atoms with E-state index in [1.54, 1.807) is 0 Å². The van der Waals surface area contributed by atoms with E-state index in [1.807, 2.05) is 24.3 Å². The van der Waals surface area contributed by atoms with Crippen molar-refractivity contribution in [2.75, 3.05) is 4.90 Å². The molecule has 1 fully saturated rings. The minimum Gasteiger partial charge on any atom is -0.274 e. The maximum atomic E-state index is 13.6. The number of carbonyl (C=O) groups excluding carboxylic acids is 2. The molecule has 3 nitrogen and oxygen atoms in total. The van der Waals surface area contributed by atoms with Gasteiger partial charge in [-0.25, -0.2) is 9.29 Å². The zero-order valence-corrected chi connectivity index (χ0v) is 15.9. The summed E-state index contributed by atoms with van der Waals surface area (Å²) in [6, 6.07) is 20.2. The molecular weight excluding hydrogens is 389 g/mol. The molecule has 2 atom stereocenters. The number of nitrogens with zero attached hydrogens (tertiary/aromatic N) is 1. The fraction of sp³-hybridized carbons (Fsp3) is 0.167. The molecule has 1 saturated heterocycles. The molecular formula is C24H15ClFNO2. The van der Waals surface area contributed by atoms with Gasteiger partial charge >= 0.3 is 0 Å². The first-order valence-electron chi connectivity index (χ1n) is 9.58. The minimum atomic E-state index is -0.577. The topological polar surface area (TPSA) is 37.4 Å². The highest BCUT2D eigenvalue weighted by molar-refractivity contribution is 6.31. The molecule has 29 heavy (non-hydrogen) atoms. The third-order valence-electron chi connectivity index (χ3n) is 6.61. The van der Waals surface area contributed by atoms with E-state index < -0.39 is 17.7 Å². The maximum absolute atomic E-state index is 13.6. The number of hydrogen-bond donors (Lipinski definition) is 0. The molecule has 2 bridgehead atoms. The molecule has 0 radical (unpaired) electrons. The second-order valence-electron chi connectivity index (χ2n) is 7.88. The quantitative estimate of drug-likeness (QED) is 0.543. The third kappa shape index (κ3) is 2.07. The van der Waals surface area contributed by atoms with Gasteiger partial charge in [0.25, 0.3) is 0 Å². The molecule has 3 aromatic carbocycles. The summed E-state index contributed by atoms with van der Waals surface area (Å²) in [6.07, 6.45) is 0. The Kier molecular flexibility index (Phi) is 3.37. The summed E-state index contributed by atoms with van der Waals surface area (Å²) in [5, 5.41) is -0.104. The third-order valence-corrected chi connectivity index (χ3v) is 6.90. The SMILES string of the molecule is O=C1C2C3c4ccccc4C(c4ccccc43)C2C(=O)N1c1ccc(F)c(Cl)c1. The summed E-state index contributed by atoms with van der Waals surface area (Å²) in [4.78, 5) is 28.3. The lowest BCUT2D eigenvalue weighted by Gasteiger charge is -2.45. The largest absolute Gasteiger partial charge is 0.274 e. The van der Waals surface area contributed by atoms with Gasteiger partial charge in [-0.15, -0.1) is 0 Å². The van der Waals surface area contributed by atoms with Crippen molar-refractivity contribution in [3.63, 3.8) is 0 Å². The van der Waals surface area contributed by atoms with Gasteiger partial charge < -0.3 is 0 Å². The maximum Gasteiger partial charge on any atom is 0.238 e. The van der Waals surface area contributed by atoms with Crippen molar-refractivity contribution in [2.24, 2.45) is 11.8 Å². The molecule has 3 aromatic rings. The highest BCUT2D eigenvalue weighted by atomic mass is 35.5. The molecule has 2 unspecified atom stereocenters. The summed E-state index contributed by atoms with van der Waals surface area (Å²) >= 11 is 5.93. The number of rotatable bonds is 1. The second-order valence-corrected chi connectivity index (χ2v) is 8.28. The lowest BCUT2D eigenvalue weighted by atomic mass is 9.55. The van der Waals surface area contributed by atoms with Crippen LogP contribution in [0.5, 0.6) is 0 Å². The smallest absolute Gasteiger partial charge is 0.238 e. The van der Waals surface area contributed by atoms with Gasteiger partial charge in [-0.05, 0) is 40.5 Å². The summed E-state index contributed by atoms with van der Waals surface area (Å²) in [6.45, 7) is 0. The van der Waals surface area contributed by atoms with Crippen molar-refractivity contribution >= 4 is 29.1 Å². The minimum absolute atomic E-state index is 0.104. The summed E-state index contributed by atoms with van der Waals surface area (Å²) in [5.74, 6) is -2.28. The Morgan fingerprint density at radius 1 is 0.724 bits per heavy atom. The average molecular weight is 404 g/mol. The molecule has 0 aromatic heterocycles. The number of anilines is 1. The zero-order valence-electron chi connectivity index (χ0n) is 15.2. The number of carbonyl (C=O) groups is 2. The molecule has 7 rings (SSSR count). The van der Waals surface area contributed by atoms with E-state index >= 15 is 0 Å². The van der Waals surface area contributed by atoms with Crippen LogP contribution in [-0.2, 0) is 9.59 Å². The predicted octanol–water partition coefficient (Wildman–Crippen LogP) is 4.88. The van der Waals surface area contributed by atoms with E-state index in [0.29, 0.717) is 5.69 Å². The second kappa shape index (κ2) is 5.77. The van der Waals surface area contributed by atoms with E-state index in [9.17, 15) is 14.0 Å². The standard InChI is InChI=1S/C24H15ClFNO2/c25-17-11-12(9-10-18(17)26)27-23(28)21-19-13-5-1-2-6-14(13)20(22(21)24(27)29)16-8-4-3-7-15(16)19/h1-11,19-22H. The van der Waals surface area contributed by atoms with Gasteiger partial charge in [0, 0.05) is 11.8 Å². The van der Waals surface area contributed by atoms with Crippen LogP contribution < -0.4 is 4.90 Å². The Balaban J connectivity index is 1.56. The van der Waals surface area contributed by atoms with Crippen molar-refractivity contribution in [1.82, 2.24) is 0 Å². The first-order chi connectivity index (χ1) is 14.1. The Labute approximate surface area is 171 Å². The summed E-state index contributed by atoms with van der Waals surface area (Å²) < 4.78 is 13.6. The molecule has 0 spiro atoms. The van der Waals surface area contributed by atoms with Crippen LogP contribution in [-0.4, -0.2) is 11.8 Å². The molecule has 1 aliphatic heterocycles. The first kappa shape index (κ1) is 16.9. The fourth-order valence-electron chi connectivity index (χ4n) is 5.56. The van der Waals surface area contributed by atoms with Crippen LogP contribution in [0.25, 0.3) is 0 Å². The number of halogens is 2. The number of amides is 2. The van der Waals surface area contributed by atoms with Crippen molar-refractivity contribution in [1.29, 1.82) is 0 Å². The molecule has 5 heteroatoms. The van der Waals surface area contributed by atoms with Gasteiger partial charge in [0.2, 0.25) is 11.8 Å². The van der Waals surface area contributed by atoms with Crippen molar-refractivity contribution < 1.29 is 14.0 Å². The number of hydrogen-bond acceptors (Lipinski definition) is 2. The Bertz CT molecular complexity index is 1110. The molecule has 3 aliphatic carbocycles. The van der Waals surface area contributed by atoms with Gasteiger partial charge in [-0.3, -0.25) is 9.59 Å². The van der Waals surface area contributed by atoms with E-state index in [0.717, 1.165) is 22.3 Å². The molecule has 142 valence electrons. The highest BCUT2D eigenvalue weighted by Gasteiger charge is 2.61. The van der Waals surface area contributed by atoms with Gasteiger partial charge in [-0.1, -0.05) is 60.1 Å². The van der Waals surface area contributed by atoms with Crippen LogP contribution in [0.4, 0.5) is 10.1 Å². The van der Waals surface area contributed by atoms with E-state index in [-0.39, 0.29) is 28.7 Å². The number of benzene rings is 3. The van der Waals surface area contributed by atoms with Gasteiger partial charge in [0.05, 0.1) is 22.5 Å². The van der Waals surface area contributed by atoms with Crippen LogP contribution in [0.15, 0.2) is 66.7 Å². The lowest BCUT2D eigenvalue weighted by molar-refractivity contribution is -0.122. The van der Waals surface area contributed by atoms with Crippen molar-refractivity contribution in [2.45, 2.75) is 11.8 Å². The molecule has 1 heterocycles.